The monoisotopic (exact) mass is 382 g/mol. The van der Waals surface area contributed by atoms with Crippen molar-refractivity contribution in [1.29, 1.82) is 0 Å². The molecule has 4 rings (SSSR count). The number of nitrogens with one attached hydrogen (secondary N) is 4. The lowest BCUT2D eigenvalue weighted by Crippen LogP contribution is -2.12. The van der Waals surface area contributed by atoms with Gasteiger partial charge in [-0.25, -0.2) is 4.79 Å². The maximum atomic E-state index is 12.7. The number of hydrogen-bond acceptors (Lipinski definition) is 5. The van der Waals surface area contributed by atoms with Gasteiger partial charge in [-0.15, -0.1) is 0 Å². The first kappa shape index (κ1) is 17.5. The molecule has 0 aliphatic rings. The molecule has 0 radical (unpaired) electrons. The number of anilines is 1. The van der Waals surface area contributed by atoms with Crippen molar-refractivity contribution in [2.45, 2.75) is 0 Å². The van der Waals surface area contributed by atoms with Gasteiger partial charge in [0.05, 0.1) is 37.9 Å². The third-order valence-corrected chi connectivity index (χ3v) is 4.46. The van der Waals surface area contributed by atoms with E-state index in [9.17, 15) is 9.59 Å². The van der Waals surface area contributed by atoms with Gasteiger partial charge < -0.3 is 34.5 Å². The van der Waals surface area contributed by atoms with Crippen LogP contribution in [0.4, 0.5) is 5.69 Å². The Balaban J connectivity index is 1.73. The molecule has 0 aliphatic carbocycles. The Morgan fingerprint density at radius 3 is 2.36 bits per heavy atom. The van der Waals surface area contributed by atoms with Crippen LogP contribution in [-0.4, -0.2) is 42.2 Å². The molecule has 0 atom stereocenters. The van der Waals surface area contributed by atoms with Gasteiger partial charge >= 0.3 is 5.69 Å². The molecule has 28 heavy (non-hydrogen) atoms. The van der Waals surface area contributed by atoms with Crippen molar-refractivity contribution < 1.29 is 19.0 Å². The molecule has 2 heterocycles. The van der Waals surface area contributed by atoms with E-state index in [1.807, 2.05) is 0 Å². The molecule has 4 N–H and O–H groups in total. The van der Waals surface area contributed by atoms with Crippen LogP contribution in [0, 0.1) is 0 Å². The van der Waals surface area contributed by atoms with Gasteiger partial charge in [-0.3, -0.25) is 4.79 Å². The van der Waals surface area contributed by atoms with E-state index in [1.165, 1.54) is 14.2 Å². The minimum atomic E-state index is -0.350. The summed E-state index contributed by atoms with van der Waals surface area (Å²) in [5, 5.41) is 3.50. The Morgan fingerprint density at radius 1 is 0.893 bits per heavy atom. The van der Waals surface area contributed by atoms with Gasteiger partial charge in [0.1, 0.15) is 11.4 Å². The molecule has 9 nitrogen and oxygen atoms in total. The van der Waals surface area contributed by atoms with Crippen molar-refractivity contribution in [3.05, 3.63) is 46.5 Å². The zero-order chi connectivity index (χ0) is 19.8. The molecule has 144 valence electrons. The van der Waals surface area contributed by atoms with E-state index in [0.717, 1.165) is 0 Å². The van der Waals surface area contributed by atoms with E-state index in [2.05, 4.69) is 20.3 Å². The van der Waals surface area contributed by atoms with Gasteiger partial charge in [-0.2, -0.15) is 0 Å². The zero-order valence-corrected chi connectivity index (χ0v) is 15.4. The zero-order valence-electron chi connectivity index (χ0n) is 15.4. The van der Waals surface area contributed by atoms with Crippen molar-refractivity contribution in [2.24, 2.45) is 0 Å². The number of carbonyl (C=O) groups is 1. The van der Waals surface area contributed by atoms with E-state index >= 15 is 0 Å². The number of imidazole rings is 1. The number of rotatable bonds is 5. The van der Waals surface area contributed by atoms with Gasteiger partial charge in [0.25, 0.3) is 5.91 Å². The molecule has 0 spiro atoms. The van der Waals surface area contributed by atoms with Crippen LogP contribution in [-0.2, 0) is 0 Å². The predicted molar refractivity (Wildman–Crippen MR) is 105 cm³/mol. The Morgan fingerprint density at radius 2 is 1.64 bits per heavy atom. The van der Waals surface area contributed by atoms with Crippen LogP contribution < -0.4 is 25.2 Å². The number of methoxy groups -OCH3 is 3. The van der Waals surface area contributed by atoms with Gasteiger partial charge in [-0.05, 0) is 24.3 Å². The van der Waals surface area contributed by atoms with Crippen LogP contribution >= 0.6 is 0 Å². The summed E-state index contributed by atoms with van der Waals surface area (Å²) in [6, 6.07) is 8.48. The molecular formula is C19H18N4O5. The average Bonchev–Trinajstić information content (AvgIpc) is 3.29. The molecule has 2 aromatic carbocycles. The minimum absolute atomic E-state index is 0.303. The molecule has 0 aliphatic heterocycles. The Hall–Kier alpha value is -3.88. The van der Waals surface area contributed by atoms with Gasteiger partial charge in [-0.1, -0.05) is 0 Å². The second-order valence-corrected chi connectivity index (χ2v) is 6.08. The Bertz CT molecular complexity index is 1250. The summed E-state index contributed by atoms with van der Waals surface area (Å²) in [7, 11) is 4.60. The lowest BCUT2D eigenvalue weighted by molar-refractivity contribution is 0.102. The topological polar surface area (TPSA) is 121 Å². The highest BCUT2D eigenvalue weighted by Crippen LogP contribution is 2.41. The van der Waals surface area contributed by atoms with Crippen LogP contribution in [0.5, 0.6) is 17.2 Å². The number of benzene rings is 2. The number of amides is 1. The van der Waals surface area contributed by atoms with Crippen molar-refractivity contribution in [2.75, 3.05) is 26.6 Å². The van der Waals surface area contributed by atoms with Crippen LogP contribution in [0.3, 0.4) is 0 Å². The van der Waals surface area contributed by atoms with Gasteiger partial charge in [0, 0.05) is 17.1 Å². The molecular weight excluding hydrogens is 364 g/mol. The summed E-state index contributed by atoms with van der Waals surface area (Å²) < 4.78 is 16.2. The van der Waals surface area contributed by atoms with E-state index in [-0.39, 0.29) is 11.6 Å². The second-order valence-electron chi connectivity index (χ2n) is 6.08. The normalized spacial score (nSPS) is 11.0. The number of H-pyrrole nitrogens is 3. The number of carbonyl (C=O) groups excluding carboxylic acids is 1. The molecule has 9 heteroatoms. The fourth-order valence-electron chi connectivity index (χ4n) is 3.17. The first-order chi connectivity index (χ1) is 13.5. The quantitative estimate of drug-likeness (QED) is 0.423. The number of aromatic nitrogens is 3. The second kappa shape index (κ2) is 6.69. The molecule has 1 amide bonds. The third-order valence-electron chi connectivity index (χ3n) is 4.46. The fourth-order valence-corrected chi connectivity index (χ4v) is 3.17. The Kier molecular flexibility index (Phi) is 4.19. The van der Waals surface area contributed by atoms with Crippen LogP contribution in [0.25, 0.3) is 21.9 Å². The van der Waals surface area contributed by atoms with Crippen molar-refractivity contribution in [3.8, 4) is 17.2 Å². The van der Waals surface area contributed by atoms with E-state index in [1.54, 1.807) is 37.4 Å². The highest BCUT2D eigenvalue weighted by atomic mass is 16.5. The first-order valence-electron chi connectivity index (χ1n) is 8.39. The highest BCUT2D eigenvalue weighted by molar-refractivity contribution is 6.08. The maximum Gasteiger partial charge on any atom is 0.323 e. The van der Waals surface area contributed by atoms with Crippen LogP contribution in [0.15, 0.2) is 35.1 Å². The number of fused-ring (bicyclic) bond motifs is 2. The predicted octanol–water partition coefficient (Wildman–Crippen LogP) is 2.62. The third kappa shape index (κ3) is 2.82. The minimum Gasteiger partial charge on any atom is -0.496 e. The van der Waals surface area contributed by atoms with Crippen LogP contribution in [0.2, 0.25) is 0 Å². The lowest BCUT2D eigenvalue weighted by Gasteiger charge is -2.11. The number of ether oxygens (including phenoxy) is 3. The first-order valence-corrected chi connectivity index (χ1v) is 8.39. The lowest BCUT2D eigenvalue weighted by atomic mass is 10.2. The summed E-state index contributed by atoms with van der Waals surface area (Å²) in [6.07, 6.45) is 0. The summed E-state index contributed by atoms with van der Waals surface area (Å²) >= 11 is 0. The molecule has 0 saturated heterocycles. The molecule has 2 aromatic heterocycles. The standard InChI is InChI=1S/C19H18N4O5/c1-26-14-8-15(27-2)17(28-3)16-10(14)7-13(21-16)18(24)20-9-4-5-11-12(6-9)23-19(25)22-11/h4-8,21H,1-3H3,(H,20,24)(H2,22,23,25). The van der Waals surface area contributed by atoms with E-state index in [0.29, 0.717) is 50.6 Å². The summed E-state index contributed by atoms with van der Waals surface area (Å²) in [4.78, 5) is 32.5. The SMILES string of the molecule is COc1cc(OC)c2cc(C(=O)Nc3ccc4[nH]c(=O)[nH]c4c3)[nH]c2c1OC. The maximum absolute atomic E-state index is 12.7. The summed E-state index contributed by atoms with van der Waals surface area (Å²) in [5.41, 5.74) is 2.42. The number of aromatic amines is 3. The van der Waals surface area contributed by atoms with E-state index in [4.69, 9.17) is 14.2 Å². The largest absolute Gasteiger partial charge is 0.496 e. The summed E-state index contributed by atoms with van der Waals surface area (Å²) in [5.74, 6) is 1.16. The molecule has 0 saturated carbocycles. The van der Waals surface area contributed by atoms with Gasteiger partial charge in [0.15, 0.2) is 11.5 Å². The van der Waals surface area contributed by atoms with Crippen LogP contribution in [0.1, 0.15) is 10.5 Å². The number of hydrogen-bond donors (Lipinski definition) is 4. The molecule has 0 unspecified atom stereocenters. The van der Waals surface area contributed by atoms with Crippen molar-refractivity contribution in [1.82, 2.24) is 15.0 Å². The smallest absolute Gasteiger partial charge is 0.323 e. The molecule has 0 bridgehead atoms. The molecule has 4 aromatic rings. The van der Waals surface area contributed by atoms with Crippen molar-refractivity contribution >= 4 is 33.5 Å². The van der Waals surface area contributed by atoms with Crippen molar-refractivity contribution in [3.63, 3.8) is 0 Å². The average molecular weight is 382 g/mol. The van der Waals surface area contributed by atoms with Gasteiger partial charge in [0.2, 0.25) is 0 Å². The molecule has 0 fully saturated rings. The fraction of sp³-hybridized carbons (Fsp3) is 0.158. The summed E-state index contributed by atoms with van der Waals surface area (Å²) in [6.45, 7) is 0. The highest BCUT2D eigenvalue weighted by Gasteiger charge is 2.19. The Labute approximate surface area is 158 Å². The van der Waals surface area contributed by atoms with E-state index < -0.39 is 0 Å².